The lowest BCUT2D eigenvalue weighted by Gasteiger charge is -2.35. The van der Waals surface area contributed by atoms with E-state index in [9.17, 15) is 4.79 Å². The quantitative estimate of drug-likeness (QED) is 0.345. The Morgan fingerprint density at radius 1 is 1.07 bits per heavy atom. The zero-order valence-electron chi connectivity index (χ0n) is 23.5. The Hall–Kier alpha value is -4.02. The van der Waals surface area contributed by atoms with Crippen LogP contribution in [0.25, 0.3) is 16.9 Å². The summed E-state index contributed by atoms with van der Waals surface area (Å²) in [6, 6.07) is 12.4. The van der Waals surface area contributed by atoms with E-state index in [1.165, 1.54) is 11.3 Å². The SMILES string of the molecule is C=CCn1c(=O)c2cnc(Nc3ccc(N4CCN(C)CC4)cc3)nc2n1-c1ccc2c(n1)C(C)(NC)CCC2. The zero-order valence-corrected chi connectivity index (χ0v) is 23.5. The van der Waals surface area contributed by atoms with Crippen LogP contribution in [0.4, 0.5) is 17.3 Å². The van der Waals surface area contributed by atoms with Crippen LogP contribution < -0.4 is 21.1 Å². The van der Waals surface area contributed by atoms with Crippen molar-refractivity contribution in [3.63, 3.8) is 0 Å². The molecule has 0 amide bonds. The molecular weight excluding hydrogens is 502 g/mol. The van der Waals surface area contributed by atoms with Crippen molar-refractivity contribution < 1.29 is 0 Å². The van der Waals surface area contributed by atoms with Crippen LogP contribution in [0, 0.1) is 0 Å². The number of benzene rings is 1. The minimum atomic E-state index is -0.228. The smallest absolute Gasteiger partial charge is 0.278 e. The lowest BCUT2D eigenvalue weighted by Crippen LogP contribution is -2.44. The number of allylic oxidation sites excluding steroid dienone is 1. The second-order valence-corrected chi connectivity index (χ2v) is 11.0. The third-order valence-electron chi connectivity index (χ3n) is 8.35. The summed E-state index contributed by atoms with van der Waals surface area (Å²) >= 11 is 0. The fourth-order valence-electron chi connectivity index (χ4n) is 5.83. The van der Waals surface area contributed by atoms with Crippen LogP contribution in [0.3, 0.4) is 0 Å². The average molecular weight is 540 g/mol. The highest BCUT2D eigenvalue weighted by Crippen LogP contribution is 2.34. The van der Waals surface area contributed by atoms with Crippen molar-refractivity contribution in [3.8, 4) is 5.82 Å². The number of rotatable bonds is 7. The molecule has 1 aliphatic heterocycles. The van der Waals surface area contributed by atoms with Gasteiger partial charge in [0.05, 0.1) is 17.8 Å². The number of anilines is 3. The second kappa shape index (κ2) is 10.5. The summed E-state index contributed by atoms with van der Waals surface area (Å²) in [4.78, 5) is 32.6. The van der Waals surface area contributed by atoms with Gasteiger partial charge in [-0.05, 0) is 76.2 Å². The normalized spacial score (nSPS) is 19.5. The van der Waals surface area contributed by atoms with Gasteiger partial charge in [0.1, 0.15) is 5.39 Å². The molecule has 0 spiro atoms. The molecule has 1 saturated heterocycles. The summed E-state index contributed by atoms with van der Waals surface area (Å²) in [6.07, 6.45) is 6.41. The first-order chi connectivity index (χ1) is 19.4. The number of nitrogens with zero attached hydrogens (tertiary/aromatic N) is 7. The molecule has 1 atom stereocenters. The van der Waals surface area contributed by atoms with Gasteiger partial charge in [-0.25, -0.2) is 19.3 Å². The van der Waals surface area contributed by atoms with Crippen molar-refractivity contribution in [3.05, 3.63) is 76.9 Å². The Bertz CT molecular complexity index is 1600. The molecule has 4 heterocycles. The van der Waals surface area contributed by atoms with Crippen molar-refractivity contribution in [1.29, 1.82) is 0 Å². The maximum Gasteiger partial charge on any atom is 0.278 e. The number of hydrogen-bond donors (Lipinski definition) is 2. The van der Waals surface area contributed by atoms with Crippen molar-refractivity contribution in [2.45, 2.75) is 38.3 Å². The molecule has 10 heteroatoms. The van der Waals surface area contributed by atoms with Gasteiger partial charge in [0.15, 0.2) is 11.5 Å². The van der Waals surface area contributed by atoms with E-state index in [1.54, 1.807) is 21.6 Å². The van der Waals surface area contributed by atoms with Crippen molar-refractivity contribution in [2.24, 2.45) is 0 Å². The second-order valence-electron chi connectivity index (χ2n) is 11.0. The van der Waals surface area contributed by atoms with Crippen molar-refractivity contribution in [1.82, 2.24) is 34.5 Å². The van der Waals surface area contributed by atoms with Gasteiger partial charge in [0, 0.05) is 43.8 Å². The molecule has 1 fully saturated rings. The van der Waals surface area contributed by atoms with Crippen LogP contribution in [0.2, 0.25) is 0 Å². The largest absolute Gasteiger partial charge is 0.369 e. The van der Waals surface area contributed by atoms with E-state index in [4.69, 9.17) is 9.97 Å². The van der Waals surface area contributed by atoms with Gasteiger partial charge < -0.3 is 20.4 Å². The van der Waals surface area contributed by atoms with E-state index >= 15 is 0 Å². The molecule has 1 aromatic carbocycles. The number of aryl methyl sites for hydroxylation is 1. The van der Waals surface area contributed by atoms with Crippen LogP contribution >= 0.6 is 0 Å². The van der Waals surface area contributed by atoms with Gasteiger partial charge in [0.25, 0.3) is 5.56 Å². The molecule has 0 saturated carbocycles. The lowest BCUT2D eigenvalue weighted by molar-refractivity contribution is 0.313. The zero-order chi connectivity index (χ0) is 27.9. The third kappa shape index (κ3) is 4.67. The molecule has 2 N–H and O–H groups in total. The molecule has 1 unspecified atom stereocenters. The third-order valence-corrected chi connectivity index (χ3v) is 8.35. The molecule has 0 bridgehead atoms. The predicted octanol–water partition coefficient (Wildman–Crippen LogP) is 3.43. The first-order valence-corrected chi connectivity index (χ1v) is 14.0. The molecule has 1 aliphatic carbocycles. The highest BCUT2D eigenvalue weighted by atomic mass is 16.1. The molecular formula is C30H37N9O. The van der Waals surface area contributed by atoms with Crippen LogP contribution in [0.15, 0.2) is 60.0 Å². The highest BCUT2D eigenvalue weighted by Gasteiger charge is 2.32. The average Bonchev–Trinajstić information content (AvgIpc) is 3.24. The number of piperazine rings is 1. The predicted molar refractivity (Wildman–Crippen MR) is 160 cm³/mol. The summed E-state index contributed by atoms with van der Waals surface area (Å²) in [5.41, 5.74) is 4.45. The highest BCUT2D eigenvalue weighted by molar-refractivity contribution is 5.77. The number of nitrogens with one attached hydrogen (secondary N) is 2. The van der Waals surface area contributed by atoms with Crippen molar-refractivity contribution in [2.75, 3.05) is 50.5 Å². The van der Waals surface area contributed by atoms with Gasteiger partial charge >= 0.3 is 0 Å². The summed E-state index contributed by atoms with van der Waals surface area (Å²) in [5, 5.41) is 7.22. The van der Waals surface area contributed by atoms with E-state index in [0.29, 0.717) is 29.3 Å². The topological polar surface area (TPSA) is 96.1 Å². The van der Waals surface area contributed by atoms with Crippen LogP contribution in [-0.2, 0) is 18.5 Å². The summed E-state index contributed by atoms with van der Waals surface area (Å²) in [5.74, 6) is 1.07. The Morgan fingerprint density at radius 2 is 1.85 bits per heavy atom. The minimum absolute atomic E-state index is 0.172. The lowest BCUT2D eigenvalue weighted by atomic mass is 9.81. The Balaban J connectivity index is 1.37. The molecule has 6 rings (SSSR count). The number of pyridine rings is 1. The van der Waals surface area contributed by atoms with Gasteiger partial charge in [-0.15, -0.1) is 6.58 Å². The summed E-state index contributed by atoms with van der Waals surface area (Å²) in [6.45, 7) is 10.6. The number of fused-ring (bicyclic) bond motifs is 2. The first kappa shape index (κ1) is 26.2. The van der Waals surface area contributed by atoms with Gasteiger partial charge in [-0.3, -0.25) is 4.79 Å². The van der Waals surface area contributed by atoms with E-state index in [-0.39, 0.29) is 11.1 Å². The van der Waals surface area contributed by atoms with Gasteiger partial charge in [0.2, 0.25) is 5.95 Å². The maximum absolute atomic E-state index is 13.4. The standard InChI is InChI=1S/C30H37N9O/c1-5-15-38-28(40)24-20-32-29(33-22-9-11-23(12-10-22)37-18-16-36(4)17-19-37)35-27(24)39(38)25-13-8-21-7-6-14-30(2,31-3)26(21)34-25/h5,8-13,20,31H,1,6-7,14-19H2,2-4H3,(H,32,33,35). The summed E-state index contributed by atoms with van der Waals surface area (Å²) in [7, 11) is 4.14. The first-order valence-electron chi connectivity index (χ1n) is 14.0. The fourth-order valence-corrected chi connectivity index (χ4v) is 5.83. The minimum Gasteiger partial charge on any atom is -0.369 e. The van der Waals surface area contributed by atoms with Crippen LogP contribution in [0.5, 0.6) is 0 Å². The molecule has 208 valence electrons. The number of aromatic nitrogens is 5. The monoisotopic (exact) mass is 539 g/mol. The molecule has 2 aliphatic rings. The van der Waals surface area contributed by atoms with Crippen LogP contribution in [0.1, 0.15) is 31.0 Å². The summed E-state index contributed by atoms with van der Waals surface area (Å²) < 4.78 is 3.42. The Kier molecular flexibility index (Phi) is 6.89. The molecule has 3 aromatic heterocycles. The molecule has 4 aromatic rings. The Labute approximate surface area is 234 Å². The molecule has 40 heavy (non-hydrogen) atoms. The van der Waals surface area contributed by atoms with E-state index in [0.717, 1.165) is 56.8 Å². The van der Waals surface area contributed by atoms with Crippen LogP contribution in [-0.4, -0.2) is 69.5 Å². The van der Waals surface area contributed by atoms with Gasteiger partial charge in [-0.2, -0.15) is 4.98 Å². The maximum atomic E-state index is 13.4. The molecule has 0 radical (unpaired) electrons. The van der Waals surface area contributed by atoms with E-state index in [1.807, 2.05) is 25.2 Å². The van der Waals surface area contributed by atoms with Gasteiger partial charge in [-0.1, -0.05) is 12.1 Å². The number of hydrogen-bond acceptors (Lipinski definition) is 8. The fraction of sp³-hybridized carbons (Fsp3) is 0.400. The van der Waals surface area contributed by atoms with E-state index < -0.39 is 0 Å². The van der Waals surface area contributed by atoms with E-state index in [2.05, 4.69) is 64.2 Å². The molecule has 10 nitrogen and oxygen atoms in total. The Morgan fingerprint density at radius 3 is 2.58 bits per heavy atom. The number of likely N-dealkylation sites (N-methyl/N-ethyl adjacent to an activating group) is 1. The van der Waals surface area contributed by atoms with Crippen molar-refractivity contribution >= 4 is 28.4 Å².